The van der Waals surface area contributed by atoms with Crippen LogP contribution in [0.2, 0.25) is 5.02 Å². The average Bonchev–Trinajstić information content (AvgIpc) is 2.41. The summed E-state index contributed by atoms with van der Waals surface area (Å²) in [6.45, 7) is 4.95. The molecule has 1 aromatic rings. The standard InChI is InChI=1S/C13H19ClN2O3S/c1-2-16-5-6-19-11(8-16)9-20(17,18)13-7-10(14)3-4-12(13)15/h3-4,7,11H,2,5-6,8-9,15H2,1H3. The molecule has 0 amide bonds. The molecule has 1 fully saturated rings. The van der Waals surface area contributed by atoms with E-state index in [1.807, 2.05) is 6.92 Å². The summed E-state index contributed by atoms with van der Waals surface area (Å²) in [6.07, 6.45) is -0.327. The van der Waals surface area contributed by atoms with Gasteiger partial charge in [0, 0.05) is 18.1 Å². The summed E-state index contributed by atoms with van der Waals surface area (Å²) in [5.74, 6) is -0.0754. The summed E-state index contributed by atoms with van der Waals surface area (Å²) in [5, 5.41) is 0.359. The Kier molecular flexibility index (Phi) is 4.90. The van der Waals surface area contributed by atoms with Gasteiger partial charge in [-0.3, -0.25) is 4.90 Å². The van der Waals surface area contributed by atoms with Gasteiger partial charge < -0.3 is 10.5 Å². The van der Waals surface area contributed by atoms with E-state index >= 15 is 0 Å². The van der Waals surface area contributed by atoms with Crippen LogP contribution in [0.25, 0.3) is 0 Å². The van der Waals surface area contributed by atoms with E-state index < -0.39 is 9.84 Å². The summed E-state index contributed by atoms with van der Waals surface area (Å²) >= 11 is 5.85. The number of nitrogens with zero attached hydrogens (tertiary/aromatic N) is 1. The van der Waals surface area contributed by atoms with Crippen molar-refractivity contribution in [3.05, 3.63) is 23.2 Å². The highest BCUT2D eigenvalue weighted by atomic mass is 35.5. The highest BCUT2D eigenvalue weighted by molar-refractivity contribution is 7.91. The van der Waals surface area contributed by atoms with Crippen LogP contribution in [0.5, 0.6) is 0 Å². The van der Waals surface area contributed by atoms with Crippen LogP contribution in [0.4, 0.5) is 5.69 Å². The Morgan fingerprint density at radius 2 is 2.25 bits per heavy atom. The molecule has 0 radical (unpaired) electrons. The number of rotatable bonds is 4. The largest absolute Gasteiger partial charge is 0.398 e. The zero-order valence-electron chi connectivity index (χ0n) is 11.4. The molecule has 20 heavy (non-hydrogen) atoms. The van der Waals surface area contributed by atoms with Gasteiger partial charge in [-0.1, -0.05) is 18.5 Å². The SMILES string of the molecule is CCN1CCOC(CS(=O)(=O)c2cc(Cl)ccc2N)C1. The van der Waals surface area contributed by atoms with Crippen molar-refractivity contribution in [3.8, 4) is 0 Å². The molecule has 0 aromatic heterocycles. The van der Waals surface area contributed by atoms with Gasteiger partial charge in [-0.05, 0) is 24.7 Å². The molecule has 1 aliphatic heterocycles. The van der Waals surface area contributed by atoms with Crippen LogP contribution < -0.4 is 5.73 Å². The molecular formula is C13H19ClN2O3S. The molecule has 1 aliphatic rings. The van der Waals surface area contributed by atoms with Crippen molar-refractivity contribution in [2.75, 3.05) is 37.7 Å². The molecule has 0 aliphatic carbocycles. The summed E-state index contributed by atoms with van der Waals surface area (Å²) in [7, 11) is -3.51. The molecule has 7 heteroatoms. The lowest BCUT2D eigenvalue weighted by Crippen LogP contribution is -2.45. The van der Waals surface area contributed by atoms with Gasteiger partial charge in [0.05, 0.1) is 29.0 Å². The minimum Gasteiger partial charge on any atom is -0.398 e. The third kappa shape index (κ3) is 3.63. The molecule has 1 saturated heterocycles. The molecule has 2 N–H and O–H groups in total. The Morgan fingerprint density at radius 3 is 2.95 bits per heavy atom. The van der Waals surface area contributed by atoms with E-state index in [0.717, 1.165) is 13.1 Å². The first-order valence-electron chi connectivity index (χ1n) is 6.54. The molecule has 1 heterocycles. The summed E-state index contributed by atoms with van der Waals surface area (Å²) in [6, 6.07) is 4.48. The number of hydrogen-bond donors (Lipinski definition) is 1. The Labute approximate surface area is 124 Å². The number of hydrogen-bond acceptors (Lipinski definition) is 5. The van der Waals surface area contributed by atoms with Crippen LogP contribution in [0.1, 0.15) is 6.92 Å². The number of benzene rings is 1. The molecule has 112 valence electrons. The zero-order valence-corrected chi connectivity index (χ0v) is 13.0. The topological polar surface area (TPSA) is 72.6 Å². The molecule has 1 unspecified atom stereocenters. The maximum absolute atomic E-state index is 12.4. The monoisotopic (exact) mass is 318 g/mol. The highest BCUT2D eigenvalue weighted by Gasteiger charge is 2.27. The van der Waals surface area contributed by atoms with Crippen LogP contribution in [0, 0.1) is 0 Å². The van der Waals surface area contributed by atoms with Gasteiger partial charge in [0.25, 0.3) is 0 Å². The number of likely N-dealkylation sites (N-methyl/N-ethyl adjacent to an activating group) is 1. The van der Waals surface area contributed by atoms with Crippen molar-refractivity contribution in [3.63, 3.8) is 0 Å². The van der Waals surface area contributed by atoms with Crippen molar-refractivity contribution in [2.24, 2.45) is 0 Å². The Bertz CT molecular complexity index is 577. The molecular weight excluding hydrogens is 300 g/mol. The van der Waals surface area contributed by atoms with E-state index in [1.165, 1.54) is 12.1 Å². The van der Waals surface area contributed by atoms with Crippen molar-refractivity contribution < 1.29 is 13.2 Å². The number of nitrogens with two attached hydrogens (primary N) is 1. The molecule has 2 rings (SSSR count). The van der Waals surface area contributed by atoms with E-state index in [9.17, 15) is 8.42 Å². The van der Waals surface area contributed by atoms with Crippen LogP contribution >= 0.6 is 11.6 Å². The average molecular weight is 319 g/mol. The van der Waals surface area contributed by atoms with Gasteiger partial charge in [0.2, 0.25) is 0 Å². The van der Waals surface area contributed by atoms with E-state index in [0.29, 0.717) is 18.2 Å². The fraction of sp³-hybridized carbons (Fsp3) is 0.538. The fourth-order valence-electron chi connectivity index (χ4n) is 2.28. The maximum atomic E-state index is 12.4. The van der Waals surface area contributed by atoms with Gasteiger partial charge in [-0.15, -0.1) is 0 Å². The van der Waals surface area contributed by atoms with E-state index in [-0.39, 0.29) is 22.4 Å². The summed E-state index contributed by atoms with van der Waals surface area (Å²) < 4.78 is 30.4. The first-order valence-corrected chi connectivity index (χ1v) is 8.57. The van der Waals surface area contributed by atoms with Crippen molar-refractivity contribution in [1.29, 1.82) is 0 Å². The third-order valence-corrected chi connectivity index (χ3v) is 5.46. The summed E-state index contributed by atoms with van der Waals surface area (Å²) in [5.41, 5.74) is 5.97. The lowest BCUT2D eigenvalue weighted by atomic mass is 10.3. The minimum atomic E-state index is -3.51. The maximum Gasteiger partial charge on any atom is 0.183 e. The smallest absolute Gasteiger partial charge is 0.183 e. The second kappa shape index (κ2) is 6.30. The number of sulfone groups is 1. The quantitative estimate of drug-likeness (QED) is 0.850. The molecule has 1 atom stereocenters. The fourth-order valence-corrected chi connectivity index (χ4v) is 4.12. The molecule has 0 spiro atoms. The van der Waals surface area contributed by atoms with Gasteiger partial charge in [-0.25, -0.2) is 8.42 Å². The minimum absolute atomic E-state index is 0.0754. The van der Waals surface area contributed by atoms with Crippen LogP contribution in [0.15, 0.2) is 23.1 Å². The molecule has 0 bridgehead atoms. The van der Waals surface area contributed by atoms with Gasteiger partial charge >= 0.3 is 0 Å². The van der Waals surface area contributed by atoms with E-state index in [1.54, 1.807) is 6.07 Å². The second-order valence-electron chi connectivity index (χ2n) is 4.85. The Hall–Kier alpha value is -0.820. The summed E-state index contributed by atoms with van der Waals surface area (Å²) in [4.78, 5) is 2.26. The Balaban J connectivity index is 2.16. The van der Waals surface area contributed by atoms with E-state index in [4.69, 9.17) is 22.1 Å². The van der Waals surface area contributed by atoms with Crippen LogP contribution in [-0.2, 0) is 14.6 Å². The van der Waals surface area contributed by atoms with Gasteiger partial charge in [-0.2, -0.15) is 0 Å². The molecule has 1 aromatic carbocycles. The number of morpholine rings is 1. The Morgan fingerprint density at radius 1 is 1.50 bits per heavy atom. The molecule has 5 nitrogen and oxygen atoms in total. The lowest BCUT2D eigenvalue weighted by molar-refractivity contribution is -0.0145. The van der Waals surface area contributed by atoms with E-state index in [2.05, 4.69) is 4.90 Å². The number of anilines is 1. The van der Waals surface area contributed by atoms with Crippen molar-refractivity contribution in [2.45, 2.75) is 17.9 Å². The van der Waals surface area contributed by atoms with Gasteiger partial charge in [0.15, 0.2) is 9.84 Å². The first kappa shape index (κ1) is 15.6. The van der Waals surface area contributed by atoms with Crippen LogP contribution in [-0.4, -0.2) is 51.4 Å². The number of nitrogen functional groups attached to an aromatic ring is 1. The zero-order chi connectivity index (χ0) is 14.8. The van der Waals surface area contributed by atoms with Crippen molar-refractivity contribution in [1.82, 2.24) is 4.90 Å². The first-order chi connectivity index (χ1) is 9.42. The van der Waals surface area contributed by atoms with Crippen LogP contribution in [0.3, 0.4) is 0 Å². The number of halogens is 1. The lowest BCUT2D eigenvalue weighted by Gasteiger charge is -2.31. The predicted octanol–water partition coefficient (Wildman–Crippen LogP) is 1.42. The normalized spacial score (nSPS) is 21.0. The molecule has 0 saturated carbocycles. The van der Waals surface area contributed by atoms with Gasteiger partial charge in [0.1, 0.15) is 0 Å². The number of ether oxygens (including phenoxy) is 1. The second-order valence-corrected chi connectivity index (χ2v) is 7.29. The highest BCUT2D eigenvalue weighted by Crippen LogP contribution is 2.25. The van der Waals surface area contributed by atoms with Crippen molar-refractivity contribution >= 4 is 27.1 Å². The predicted molar refractivity (Wildman–Crippen MR) is 79.8 cm³/mol. The third-order valence-electron chi connectivity index (χ3n) is 3.39.